The summed E-state index contributed by atoms with van der Waals surface area (Å²) < 4.78 is 15.3. The maximum absolute atomic E-state index is 5.36. The molecule has 1 atom stereocenters. The number of hydrogen-bond donors (Lipinski definition) is 3. The van der Waals surface area contributed by atoms with Crippen LogP contribution in [0.5, 0.6) is 0 Å². The Hall–Kier alpha value is -1.48. The minimum Gasteiger partial charge on any atom is -0.382 e. The summed E-state index contributed by atoms with van der Waals surface area (Å²) >= 11 is 0. The Kier molecular flexibility index (Phi) is 7.04. The summed E-state index contributed by atoms with van der Waals surface area (Å²) in [4.78, 5) is 8.46. The van der Waals surface area contributed by atoms with Crippen LogP contribution in [0.3, 0.4) is 0 Å². The van der Waals surface area contributed by atoms with Crippen LogP contribution in [0.2, 0.25) is 0 Å². The minimum atomic E-state index is -0.0554. The molecule has 0 spiro atoms. The van der Waals surface area contributed by atoms with E-state index in [2.05, 4.69) is 20.7 Å². The minimum absolute atomic E-state index is 0.0554. The quantitative estimate of drug-likeness (QED) is 0.425. The van der Waals surface area contributed by atoms with Crippen molar-refractivity contribution in [3.8, 4) is 0 Å². The van der Waals surface area contributed by atoms with E-state index in [4.69, 9.17) is 20.1 Å². The molecule has 0 radical (unpaired) electrons. The second kappa shape index (κ2) is 8.59. The van der Waals surface area contributed by atoms with Crippen LogP contribution in [-0.2, 0) is 20.8 Å². The second-order valence-corrected chi connectivity index (χ2v) is 3.83. The zero-order valence-electron chi connectivity index (χ0n) is 11.5. The van der Waals surface area contributed by atoms with Gasteiger partial charge in [-0.3, -0.25) is 0 Å². The van der Waals surface area contributed by atoms with Crippen LogP contribution in [-0.4, -0.2) is 50.6 Å². The first-order valence-corrected chi connectivity index (χ1v) is 5.82. The summed E-state index contributed by atoms with van der Waals surface area (Å²) in [5, 5.41) is 3.15. The van der Waals surface area contributed by atoms with Gasteiger partial charge in [-0.15, -0.1) is 0 Å². The van der Waals surface area contributed by atoms with Crippen molar-refractivity contribution in [3.05, 3.63) is 11.9 Å². The van der Waals surface area contributed by atoms with Crippen molar-refractivity contribution in [2.45, 2.75) is 12.7 Å². The number of anilines is 2. The number of hydrogen-bond acceptors (Lipinski definition) is 8. The standard InChI is InChI=1S/C11H21N5O3/c1-17-6-8(19-3)5-13-9-4-10(16-12)15-11(14-9)7-18-2/h4,8H,5-7,12H2,1-3H3,(H2,13,14,15,16). The van der Waals surface area contributed by atoms with E-state index in [1.807, 2.05) is 0 Å². The first-order valence-electron chi connectivity index (χ1n) is 5.82. The Balaban J connectivity index is 2.67. The first-order chi connectivity index (χ1) is 9.23. The third-order valence-electron chi connectivity index (χ3n) is 2.39. The van der Waals surface area contributed by atoms with Gasteiger partial charge in [-0.1, -0.05) is 0 Å². The topological polar surface area (TPSA) is 104 Å². The normalized spacial score (nSPS) is 12.2. The predicted molar refractivity (Wildman–Crippen MR) is 71.7 cm³/mol. The molecule has 0 amide bonds. The highest BCUT2D eigenvalue weighted by atomic mass is 16.5. The van der Waals surface area contributed by atoms with Gasteiger partial charge in [0.15, 0.2) is 5.82 Å². The Morgan fingerprint density at radius 3 is 2.53 bits per heavy atom. The third kappa shape index (κ3) is 5.35. The monoisotopic (exact) mass is 271 g/mol. The van der Waals surface area contributed by atoms with Gasteiger partial charge in [-0.05, 0) is 0 Å². The number of nitrogen functional groups attached to an aromatic ring is 1. The molecule has 1 aromatic heterocycles. The molecular formula is C11H21N5O3. The van der Waals surface area contributed by atoms with Crippen molar-refractivity contribution >= 4 is 11.6 Å². The number of hydrazine groups is 1. The van der Waals surface area contributed by atoms with Gasteiger partial charge in [0.25, 0.3) is 0 Å². The maximum atomic E-state index is 5.36. The predicted octanol–water partition coefficient (Wildman–Crippen LogP) is -0.0181. The SMILES string of the molecule is COCc1nc(NN)cc(NCC(COC)OC)n1. The second-order valence-electron chi connectivity index (χ2n) is 3.83. The van der Waals surface area contributed by atoms with Gasteiger partial charge in [-0.2, -0.15) is 0 Å². The number of nitrogens with one attached hydrogen (secondary N) is 2. The summed E-state index contributed by atoms with van der Waals surface area (Å²) in [7, 11) is 4.84. The summed E-state index contributed by atoms with van der Waals surface area (Å²) in [6.07, 6.45) is -0.0554. The fraction of sp³-hybridized carbons (Fsp3) is 0.636. The lowest BCUT2D eigenvalue weighted by Crippen LogP contribution is -2.27. The molecule has 0 fully saturated rings. The number of rotatable bonds is 9. The van der Waals surface area contributed by atoms with Crippen LogP contribution in [0, 0.1) is 0 Å². The molecule has 19 heavy (non-hydrogen) atoms. The molecule has 0 aliphatic rings. The highest BCUT2D eigenvalue weighted by Gasteiger charge is 2.08. The maximum Gasteiger partial charge on any atom is 0.158 e. The van der Waals surface area contributed by atoms with Crippen LogP contribution < -0.4 is 16.6 Å². The average molecular weight is 271 g/mol. The van der Waals surface area contributed by atoms with Crippen molar-refractivity contribution in [2.75, 3.05) is 45.2 Å². The fourth-order valence-electron chi connectivity index (χ4n) is 1.47. The summed E-state index contributed by atoms with van der Waals surface area (Å²) in [6.45, 7) is 1.38. The van der Waals surface area contributed by atoms with Gasteiger partial charge in [0.1, 0.15) is 18.2 Å². The summed E-state index contributed by atoms with van der Waals surface area (Å²) in [5.41, 5.74) is 2.49. The van der Waals surface area contributed by atoms with E-state index in [0.29, 0.717) is 37.2 Å². The van der Waals surface area contributed by atoms with Gasteiger partial charge in [0.05, 0.1) is 12.7 Å². The van der Waals surface area contributed by atoms with Gasteiger partial charge < -0.3 is 25.0 Å². The lowest BCUT2D eigenvalue weighted by atomic mass is 10.3. The molecule has 0 saturated carbocycles. The van der Waals surface area contributed by atoms with Crippen LogP contribution in [0.15, 0.2) is 6.07 Å². The van der Waals surface area contributed by atoms with E-state index in [0.717, 1.165) is 0 Å². The summed E-state index contributed by atoms with van der Waals surface area (Å²) in [6, 6.07) is 1.71. The molecule has 0 aromatic carbocycles. The molecule has 8 heteroatoms. The molecule has 1 rings (SSSR count). The molecule has 0 aliphatic heterocycles. The summed E-state index contributed by atoms with van der Waals surface area (Å²) in [5.74, 6) is 7.07. The van der Waals surface area contributed by atoms with Crippen molar-refractivity contribution in [1.82, 2.24) is 9.97 Å². The van der Waals surface area contributed by atoms with Crippen molar-refractivity contribution in [3.63, 3.8) is 0 Å². The smallest absolute Gasteiger partial charge is 0.158 e. The van der Waals surface area contributed by atoms with Crippen LogP contribution in [0.1, 0.15) is 5.82 Å². The number of methoxy groups -OCH3 is 3. The Morgan fingerprint density at radius 2 is 1.95 bits per heavy atom. The number of nitrogens with two attached hydrogens (primary N) is 1. The van der Waals surface area contributed by atoms with Gasteiger partial charge in [-0.25, -0.2) is 15.8 Å². The molecule has 4 N–H and O–H groups in total. The molecule has 1 aromatic rings. The van der Waals surface area contributed by atoms with Crippen LogP contribution >= 0.6 is 0 Å². The van der Waals surface area contributed by atoms with E-state index in [1.165, 1.54) is 0 Å². The van der Waals surface area contributed by atoms with E-state index >= 15 is 0 Å². The lowest BCUT2D eigenvalue weighted by Gasteiger charge is -2.16. The van der Waals surface area contributed by atoms with E-state index in [-0.39, 0.29) is 6.10 Å². The van der Waals surface area contributed by atoms with Crippen molar-refractivity contribution in [1.29, 1.82) is 0 Å². The molecule has 1 unspecified atom stereocenters. The lowest BCUT2D eigenvalue weighted by molar-refractivity contribution is 0.0365. The number of nitrogens with zero attached hydrogens (tertiary/aromatic N) is 2. The molecular weight excluding hydrogens is 250 g/mol. The van der Waals surface area contributed by atoms with Gasteiger partial charge in [0.2, 0.25) is 0 Å². The molecule has 1 heterocycles. The highest BCUT2D eigenvalue weighted by molar-refractivity contribution is 5.46. The largest absolute Gasteiger partial charge is 0.382 e. The fourth-order valence-corrected chi connectivity index (χ4v) is 1.47. The zero-order valence-corrected chi connectivity index (χ0v) is 11.5. The van der Waals surface area contributed by atoms with Crippen LogP contribution in [0.4, 0.5) is 11.6 Å². The zero-order chi connectivity index (χ0) is 14.1. The van der Waals surface area contributed by atoms with Gasteiger partial charge in [0, 0.05) is 33.9 Å². The van der Waals surface area contributed by atoms with Crippen LogP contribution in [0.25, 0.3) is 0 Å². The number of ether oxygens (including phenoxy) is 3. The van der Waals surface area contributed by atoms with E-state index in [9.17, 15) is 0 Å². The van der Waals surface area contributed by atoms with Gasteiger partial charge >= 0.3 is 0 Å². The molecule has 108 valence electrons. The highest BCUT2D eigenvalue weighted by Crippen LogP contribution is 2.11. The van der Waals surface area contributed by atoms with Crippen molar-refractivity contribution in [2.24, 2.45) is 5.84 Å². The molecule has 0 aliphatic carbocycles. The van der Waals surface area contributed by atoms with E-state index < -0.39 is 0 Å². The Morgan fingerprint density at radius 1 is 1.21 bits per heavy atom. The molecule has 0 saturated heterocycles. The van der Waals surface area contributed by atoms with Crippen molar-refractivity contribution < 1.29 is 14.2 Å². The third-order valence-corrected chi connectivity index (χ3v) is 2.39. The molecule has 0 bridgehead atoms. The molecule has 8 nitrogen and oxygen atoms in total. The first kappa shape index (κ1) is 15.6. The average Bonchev–Trinajstić information content (AvgIpc) is 2.43. The number of aromatic nitrogens is 2. The Bertz CT molecular complexity index is 377. The van der Waals surface area contributed by atoms with E-state index in [1.54, 1.807) is 27.4 Å². The Labute approximate surface area is 112 Å².